The molecule has 10 heteroatoms. The van der Waals surface area contributed by atoms with Crippen molar-refractivity contribution >= 4 is 43.9 Å². The molecule has 0 radical (unpaired) electrons. The van der Waals surface area contributed by atoms with Crippen molar-refractivity contribution in [2.75, 3.05) is 22.7 Å². The number of hydrogen-bond acceptors (Lipinski definition) is 5. The first-order chi connectivity index (χ1) is 15.9. The minimum Gasteiger partial charge on any atom is -0.370 e. The number of benzene rings is 2. The summed E-state index contributed by atoms with van der Waals surface area (Å²) >= 11 is 5.73. The zero-order chi connectivity index (χ0) is 23.0. The van der Waals surface area contributed by atoms with Crippen LogP contribution in [0.3, 0.4) is 0 Å². The van der Waals surface area contributed by atoms with Crippen molar-refractivity contribution in [1.82, 2.24) is 14.8 Å². The van der Waals surface area contributed by atoms with Gasteiger partial charge in [-0.3, -0.25) is 9.71 Å². The number of pyridine rings is 1. The highest BCUT2D eigenvalue weighted by Crippen LogP contribution is 2.33. The van der Waals surface area contributed by atoms with Gasteiger partial charge in [0.25, 0.3) is 10.0 Å². The molecule has 0 bridgehead atoms. The number of halogens is 2. The number of fused-ring (bicyclic) bond motifs is 1. The molecule has 1 aliphatic rings. The summed E-state index contributed by atoms with van der Waals surface area (Å²) in [5.74, 6) is -0.611. The van der Waals surface area contributed by atoms with Crippen molar-refractivity contribution in [3.8, 4) is 5.69 Å². The van der Waals surface area contributed by atoms with Gasteiger partial charge < -0.3 is 4.90 Å². The second-order valence-corrected chi connectivity index (χ2v) is 9.99. The monoisotopic (exact) mass is 485 g/mol. The first kappa shape index (κ1) is 21.7. The van der Waals surface area contributed by atoms with Gasteiger partial charge in [0.1, 0.15) is 10.7 Å². The van der Waals surface area contributed by atoms with E-state index in [-0.39, 0.29) is 9.92 Å². The summed E-state index contributed by atoms with van der Waals surface area (Å²) in [6.45, 7) is 1.92. The van der Waals surface area contributed by atoms with E-state index in [1.807, 2.05) is 12.1 Å². The Morgan fingerprint density at radius 3 is 2.67 bits per heavy atom. The van der Waals surface area contributed by atoms with Crippen molar-refractivity contribution in [2.24, 2.45) is 0 Å². The van der Waals surface area contributed by atoms with Crippen LogP contribution in [0.25, 0.3) is 16.6 Å². The molecule has 1 saturated heterocycles. The van der Waals surface area contributed by atoms with Crippen LogP contribution in [0.1, 0.15) is 19.3 Å². The number of hydrogen-bond donors (Lipinski definition) is 1. The predicted octanol–water partition coefficient (Wildman–Crippen LogP) is 5.00. The van der Waals surface area contributed by atoms with E-state index in [9.17, 15) is 12.8 Å². The third-order valence-corrected chi connectivity index (χ3v) is 7.35. The van der Waals surface area contributed by atoms with Gasteiger partial charge in [0.2, 0.25) is 0 Å². The highest BCUT2D eigenvalue weighted by Gasteiger charge is 2.21. The summed E-state index contributed by atoms with van der Waals surface area (Å²) in [4.78, 5) is 6.79. The van der Waals surface area contributed by atoms with Gasteiger partial charge in [0.15, 0.2) is 0 Å². The third-order valence-electron chi connectivity index (χ3n) is 5.73. The molecule has 0 unspecified atom stereocenters. The van der Waals surface area contributed by atoms with Gasteiger partial charge >= 0.3 is 0 Å². The molecule has 0 aliphatic carbocycles. The molecular formula is C23H21ClFN5O2S. The lowest BCUT2D eigenvalue weighted by Crippen LogP contribution is -2.29. The Hall–Kier alpha value is -3.17. The summed E-state index contributed by atoms with van der Waals surface area (Å²) in [7, 11) is -3.94. The van der Waals surface area contributed by atoms with Gasteiger partial charge in [0.05, 0.1) is 40.0 Å². The number of sulfonamides is 1. The first-order valence-electron chi connectivity index (χ1n) is 10.6. The highest BCUT2D eigenvalue weighted by molar-refractivity contribution is 7.92. The maximum absolute atomic E-state index is 13.8. The van der Waals surface area contributed by atoms with Crippen LogP contribution in [0, 0.1) is 5.82 Å². The summed E-state index contributed by atoms with van der Waals surface area (Å²) in [5.41, 5.74) is 2.56. The van der Waals surface area contributed by atoms with E-state index in [0.717, 1.165) is 42.5 Å². The summed E-state index contributed by atoms with van der Waals surface area (Å²) in [5, 5.41) is 4.77. The maximum atomic E-state index is 13.8. The van der Waals surface area contributed by atoms with E-state index in [4.69, 9.17) is 11.6 Å². The lowest BCUT2D eigenvalue weighted by atomic mass is 10.1. The zero-order valence-corrected chi connectivity index (χ0v) is 19.2. The van der Waals surface area contributed by atoms with E-state index in [1.54, 1.807) is 24.4 Å². The fraction of sp³-hybridized carbons (Fsp3) is 0.217. The number of aromatic nitrogens is 3. The molecule has 1 fully saturated rings. The molecule has 0 spiro atoms. The number of anilines is 2. The average Bonchev–Trinajstić information content (AvgIpc) is 3.33. The topological polar surface area (TPSA) is 80.1 Å². The molecule has 3 heterocycles. The predicted molar refractivity (Wildman–Crippen MR) is 127 cm³/mol. The Balaban J connectivity index is 1.47. The molecule has 0 saturated carbocycles. The van der Waals surface area contributed by atoms with Crippen LogP contribution in [-0.2, 0) is 10.0 Å². The van der Waals surface area contributed by atoms with Crippen LogP contribution < -0.4 is 9.62 Å². The average molecular weight is 486 g/mol. The largest absolute Gasteiger partial charge is 0.370 e. The van der Waals surface area contributed by atoms with Crippen LogP contribution in [0.4, 0.5) is 15.8 Å². The molecule has 33 heavy (non-hydrogen) atoms. The van der Waals surface area contributed by atoms with Crippen molar-refractivity contribution in [3.63, 3.8) is 0 Å². The molecule has 0 amide bonds. The molecule has 5 rings (SSSR count). The molecule has 1 N–H and O–H groups in total. The van der Waals surface area contributed by atoms with E-state index in [0.29, 0.717) is 11.4 Å². The van der Waals surface area contributed by atoms with Crippen LogP contribution in [0.15, 0.2) is 66.0 Å². The molecule has 2 aromatic heterocycles. The number of nitrogens with zero attached hydrogens (tertiary/aromatic N) is 4. The van der Waals surface area contributed by atoms with Crippen LogP contribution in [-0.4, -0.2) is 36.3 Å². The van der Waals surface area contributed by atoms with Crippen LogP contribution >= 0.6 is 11.6 Å². The maximum Gasteiger partial charge on any atom is 0.265 e. The quantitative estimate of drug-likeness (QED) is 0.430. The molecule has 4 aromatic rings. The normalized spacial score (nSPS) is 14.5. The minimum absolute atomic E-state index is 0.0195. The van der Waals surface area contributed by atoms with E-state index < -0.39 is 15.8 Å². The lowest BCUT2D eigenvalue weighted by Gasteiger charge is -2.29. The lowest BCUT2D eigenvalue weighted by molar-refractivity contribution is 0.579. The molecule has 2 aromatic carbocycles. The standard InChI is InChI=1S/C23H21ClFN5O2S/c24-19-7-6-16(13-20(19)25)30-15-17(14-27-30)33(31,32)28-21-8-9-22(29-11-2-1-3-12-29)23-18(21)5-4-10-26-23/h4-10,13-15,28H,1-3,11-12H2. The first-order valence-corrected chi connectivity index (χ1v) is 12.4. The Bertz CT molecular complexity index is 1430. The van der Waals surface area contributed by atoms with Gasteiger partial charge in [-0.05, 0) is 55.7 Å². The van der Waals surface area contributed by atoms with Gasteiger partial charge in [-0.25, -0.2) is 17.5 Å². The van der Waals surface area contributed by atoms with E-state index in [1.165, 1.54) is 35.6 Å². The molecular weight excluding hydrogens is 465 g/mol. The van der Waals surface area contributed by atoms with Crippen molar-refractivity contribution in [3.05, 3.63) is 71.9 Å². The molecule has 7 nitrogen and oxygen atoms in total. The van der Waals surface area contributed by atoms with Crippen molar-refractivity contribution in [2.45, 2.75) is 24.2 Å². The fourth-order valence-corrected chi connectivity index (χ4v) is 5.18. The zero-order valence-electron chi connectivity index (χ0n) is 17.6. The summed E-state index contributed by atoms with van der Waals surface area (Å²) in [6, 6.07) is 11.5. The Morgan fingerprint density at radius 1 is 1.06 bits per heavy atom. The summed E-state index contributed by atoms with van der Waals surface area (Å²) in [6.07, 6.45) is 7.73. The Kier molecular flexibility index (Phi) is 5.67. The Labute approximate surface area is 195 Å². The smallest absolute Gasteiger partial charge is 0.265 e. The van der Waals surface area contributed by atoms with Crippen molar-refractivity contribution < 1.29 is 12.8 Å². The highest BCUT2D eigenvalue weighted by atomic mass is 35.5. The van der Waals surface area contributed by atoms with E-state index >= 15 is 0 Å². The second kappa shape index (κ2) is 8.64. The van der Waals surface area contributed by atoms with Crippen molar-refractivity contribution in [1.29, 1.82) is 0 Å². The van der Waals surface area contributed by atoms with Gasteiger partial charge in [0, 0.05) is 30.7 Å². The van der Waals surface area contributed by atoms with Gasteiger partial charge in [-0.2, -0.15) is 5.10 Å². The molecule has 0 atom stereocenters. The summed E-state index contributed by atoms with van der Waals surface area (Å²) < 4.78 is 44.0. The van der Waals surface area contributed by atoms with Crippen LogP contribution in [0.5, 0.6) is 0 Å². The van der Waals surface area contributed by atoms with Crippen LogP contribution in [0.2, 0.25) is 5.02 Å². The number of rotatable bonds is 5. The third kappa shape index (κ3) is 4.26. The molecule has 170 valence electrons. The number of nitrogens with one attached hydrogen (secondary N) is 1. The van der Waals surface area contributed by atoms with Gasteiger partial charge in [-0.1, -0.05) is 11.6 Å². The SMILES string of the molecule is O=S(=O)(Nc1ccc(N2CCCCC2)c2ncccc12)c1cnn(-c2ccc(Cl)c(F)c2)c1. The molecule has 1 aliphatic heterocycles. The minimum atomic E-state index is -3.94. The second-order valence-electron chi connectivity index (χ2n) is 7.90. The Morgan fingerprint density at radius 2 is 1.88 bits per heavy atom. The fourth-order valence-electron chi connectivity index (χ4n) is 4.05. The van der Waals surface area contributed by atoms with E-state index in [2.05, 4.69) is 19.7 Å². The van der Waals surface area contributed by atoms with Gasteiger partial charge in [-0.15, -0.1) is 0 Å². The number of piperidine rings is 1.